The first-order valence-electron chi connectivity index (χ1n) is 20.7. The van der Waals surface area contributed by atoms with Crippen LogP contribution in [0.3, 0.4) is 0 Å². The van der Waals surface area contributed by atoms with Crippen LogP contribution in [0, 0.1) is 0 Å². The second-order valence-electron chi connectivity index (χ2n) is 11.7. The topological polar surface area (TPSA) is 119 Å². The first-order chi connectivity index (χ1) is 22.8. The second kappa shape index (κ2) is 98.9. The van der Waals surface area contributed by atoms with E-state index in [9.17, 15) is 15.3 Å². The number of aliphatic hydroxyl groups is 2. The molecule has 12 radical (unpaired) electrons. The van der Waals surface area contributed by atoms with Crippen LogP contribution in [0.2, 0.25) is 0 Å². The molecule has 1 rings (SSSR count). The minimum Gasteiger partial charge on any atom is -0.853 e. The maximum atomic E-state index is 10.9. The zero-order chi connectivity index (χ0) is 40.0. The van der Waals surface area contributed by atoms with Crippen molar-refractivity contribution in [2.45, 2.75) is 271 Å². The van der Waals surface area contributed by atoms with Crippen molar-refractivity contribution in [3.8, 4) is 0 Å². The van der Waals surface area contributed by atoms with E-state index >= 15 is 0 Å². The Morgan fingerprint density at radius 3 is 0.627 bits per heavy atom. The van der Waals surface area contributed by atoms with Gasteiger partial charge in [-0.2, -0.15) is 0 Å². The van der Waals surface area contributed by atoms with Crippen molar-refractivity contribution in [2.75, 3.05) is 6.61 Å². The minimum absolute atomic E-state index is 0. The summed E-state index contributed by atoms with van der Waals surface area (Å²) in [5.41, 5.74) is 0. The fourth-order valence-electron chi connectivity index (χ4n) is 1.04. The zero-order valence-corrected chi connectivity index (χ0v) is 46.9. The Morgan fingerprint density at radius 1 is 0.353 bits per heavy atom. The van der Waals surface area contributed by atoms with Gasteiger partial charge in [0.15, 0.2) is 0 Å². The van der Waals surface area contributed by atoms with Gasteiger partial charge in [-0.15, -0.1) is 6.61 Å². The molecule has 0 bridgehead atoms. The number of unbranched alkanes of at least 4 members (excludes halogenated alkanes) is 9. The Labute approximate surface area is 376 Å². The van der Waals surface area contributed by atoms with Gasteiger partial charge in [0, 0.05) is 84.1 Å². The summed E-state index contributed by atoms with van der Waals surface area (Å²) in [6.45, 7) is 38.4. The third-order valence-electron chi connectivity index (χ3n) is 6.30. The number of ether oxygens (including phenoxy) is 1. The van der Waals surface area contributed by atoms with E-state index in [1.54, 1.807) is 0 Å². The van der Waals surface area contributed by atoms with Crippen LogP contribution in [-0.4, -0.2) is 119 Å². The molecule has 1 aliphatic rings. The summed E-state index contributed by atoms with van der Waals surface area (Å²) in [5.74, 6) is 0. The zero-order valence-electron chi connectivity index (χ0n) is 38.3. The largest absolute Gasteiger partial charge is 0.853 e. The van der Waals surface area contributed by atoms with Gasteiger partial charge in [-0.1, -0.05) is 246 Å². The van der Waals surface area contributed by atoms with Gasteiger partial charge in [-0.25, -0.2) is 0 Å². The molecule has 0 amide bonds. The van der Waals surface area contributed by atoms with Gasteiger partial charge >= 0.3 is 0 Å². The van der Waals surface area contributed by atoms with E-state index in [-0.39, 0.29) is 71.7 Å². The van der Waals surface area contributed by atoms with Crippen LogP contribution in [0.25, 0.3) is 0 Å². The molecule has 0 spiro atoms. The van der Waals surface area contributed by atoms with Gasteiger partial charge in [0.25, 0.3) is 0 Å². The number of hydrogen-bond donors (Lipinski definition) is 2. The van der Waals surface area contributed by atoms with Crippen molar-refractivity contribution >= 4 is 71.7 Å². The standard InChI is InChI=1S/C6H9O6.9C4H10.3Sn/c7-1-2-3(8)4(9)5(10)6(11)12-2;9*1-3-4-2;;;/h2-6,9-10H,1H2;9*3-4H2,1-2H3;;;/q-3;;;;;;;;;;;;. The fraction of sp³-hybridized carbons (Fsp3) is 1.00. The Hall–Kier alpha value is 2.16. The molecule has 0 aromatic heterocycles. The molecule has 1 aliphatic heterocycles. The molecule has 51 heavy (non-hydrogen) atoms. The quantitative estimate of drug-likeness (QED) is 0.211. The molecule has 318 valence electrons. The van der Waals surface area contributed by atoms with Crippen LogP contribution < -0.4 is 15.3 Å². The summed E-state index contributed by atoms with van der Waals surface area (Å²) >= 11 is 0. The SMILES string of the molecule is CCCC.CCCC.CCCC.CCCC.CCCC.CCCC.CCCC.CCCC.CCCC.[O-]CC1OC([O-])C(O)C(O)C1[O-].[Sn].[Sn].[Sn]. The van der Waals surface area contributed by atoms with E-state index < -0.39 is 37.3 Å². The maximum Gasteiger partial charge on any atom is 0.0900 e. The van der Waals surface area contributed by atoms with E-state index in [1.807, 2.05) is 0 Å². The summed E-state index contributed by atoms with van der Waals surface area (Å²) in [7, 11) is 0. The number of aliphatic hydroxyl groups excluding tert-OH is 2. The van der Waals surface area contributed by atoms with Crippen molar-refractivity contribution in [3.63, 3.8) is 0 Å². The third kappa shape index (κ3) is 119. The van der Waals surface area contributed by atoms with E-state index in [0.29, 0.717) is 0 Å². The summed E-state index contributed by atoms with van der Waals surface area (Å²) in [6.07, 6.45) is 15.3. The van der Waals surface area contributed by atoms with E-state index in [4.69, 9.17) is 10.2 Å². The van der Waals surface area contributed by atoms with Crippen LogP contribution in [0.15, 0.2) is 0 Å². The van der Waals surface area contributed by atoms with Crippen LogP contribution in [-0.2, 0) is 4.74 Å². The normalized spacial score (nSPS) is 16.9. The van der Waals surface area contributed by atoms with Gasteiger partial charge in [-0.05, 0) is 0 Å². The Kier molecular flexibility index (Phi) is 165. The molecular formula is C42H99O6Sn3-3. The van der Waals surface area contributed by atoms with Crippen molar-refractivity contribution in [2.24, 2.45) is 0 Å². The van der Waals surface area contributed by atoms with Crippen molar-refractivity contribution in [1.29, 1.82) is 0 Å². The molecular weight excluding hydrogens is 957 g/mol. The third-order valence-corrected chi connectivity index (χ3v) is 6.30. The maximum absolute atomic E-state index is 10.9. The molecule has 6 nitrogen and oxygen atoms in total. The summed E-state index contributed by atoms with van der Waals surface area (Å²) < 4.78 is 4.34. The van der Waals surface area contributed by atoms with Gasteiger partial charge in [0.05, 0.1) is 12.2 Å². The molecule has 2 N–H and O–H groups in total. The summed E-state index contributed by atoms with van der Waals surface area (Å²) in [6, 6.07) is 0. The van der Waals surface area contributed by atoms with Crippen LogP contribution in [0.4, 0.5) is 0 Å². The molecule has 0 saturated carbocycles. The van der Waals surface area contributed by atoms with Crippen LogP contribution in [0.5, 0.6) is 0 Å². The Balaban J connectivity index is -0.0000000344. The second-order valence-corrected chi connectivity index (χ2v) is 11.7. The molecule has 1 saturated heterocycles. The summed E-state index contributed by atoms with van der Waals surface area (Å²) in [4.78, 5) is 0. The predicted octanol–water partition coefficient (Wildman–Crippen LogP) is 10.00. The smallest absolute Gasteiger partial charge is 0.0900 e. The average molecular weight is 1060 g/mol. The molecule has 5 atom stereocenters. The van der Waals surface area contributed by atoms with E-state index in [1.165, 1.54) is 116 Å². The van der Waals surface area contributed by atoms with Crippen molar-refractivity contribution in [1.82, 2.24) is 0 Å². The van der Waals surface area contributed by atoms with Gasteiger partial charge in [-0.3, -0.25) is 0 Å². The van der Waals surface area contributed by atoms with Crippen molar-refractivity contribution in [3.05, 3.63) is 0 Å². The molecule has 9 heteroatoms. The van der Waals surface area contributed by atoms with Gasteiger partial charge in [0.1, 0.15) is 0 Å². The average Bonchev–Trinajstić information content (AvgIpc) is 3.15. The molecule has 0 aromatic carbocycles. The first kappa shape index (κ1) is 85.4. The number of rotatable bonds is 10. The molecule has 0 aromatic rings. The fourth-order valence-corrected chi connectivity index (χ4v) is 1.04. The molecule has 1 fully saturated rings. The molecule has 0 aliphatic carbocycles. The molecule has 5 unspecified atom stereocenters. The summed E-state index contributed by atoms with van der Waals surface area (Å²) in [5, 5.41) is 49.6. The minimum atomic E-state index is -1.90. The van der Waals surface area contributed by atoms with E-state index in [0.717, 1.165) is 0 Å². The molecule has 1 heterocycles. The van der Waals surface area contributed by atoms with Gasteiger partial charge < -0.3 is 30.3 Å². The first-order valence-corrected chi connectivity index (χ1v) is 20.7. The predicted molar refractivity (Wildman–Crippen MR) is 232 cm³/mol. The monoisotopic (exact) mass is 1060 g/mol. The number of hydrogen-bond acceptors (Lipinski definition) is 6. The van der Waals surface area contributed by atoms with Crippen LogP contribution in [0.1, 0.15) is 240 Å². The van der Waals surface area contributed by atoms with Crippen molar-refractivity contribution < 1.29 is 30.3 Å². The Bertz CT molecular complexity index is 322. The Morgan fingerprint density at radius 2 is 0.510 bits per heavy atom. The van der Waals surface area contributed by atoms with E-state index in [2.05, 4.69) is 129 Å². The van der Waals surface area contributed by atoms with Gasteiger partial charge in [0.2, 0.25) is 0 Å². The van der Waals surface area contributed by atoms with Crippen LogP contribution >= 0.6 is 0 Å².